The second-order valence-electron chi connectivity index (χ2n) is 6.33. The summed E-state index contributed by atoms with van der Waals surface area (Å²) in [6.07, 6.45) is 3.02. The van der Waals surface area contributed by atoms with Crippen molar-refractivity contribution in [3.63, 3.8) is 0 Å². The lowest BCUT2D eigenvalue weighted by Gasteiger charge is -2.11. The van der Waals surface area contributed by atoms with Crippen molar-refractivity contribution in [3.8, 4) is 5.75 Å². The summed E-state index contributed by atoms with van der Waals surface area (Å²) in [4.78, 5) is 25.0. The number of carbonyl (C=O) groups excluding carboxylic acids is 1. The molecule has 3 aromatic heterocycles. The lowest BCUT2D eigenvalue weighted by Crippen LogP contribution is -2.35. The van der Waals surface area contributed by atoms with E-state index in [1.807, 2.05) is 36.4 Å². The van der Waals surface area contributed by atoms with Gasteiger partial charge in [-0.2, -0.15) is 5.10 Å². The first-order valence-electron chi connectivity index (χ1n) is 8.83. The van der Waals surface area contributed by atoms with E-state index in [1.165, 1.54) is 10.7 Å². The van der Waals surface area contributed by atoms with Crippen LogP contribution in [-0.2, 0) is 4.79 Å². The van der Waals surface area contributed by atoms with E-state index < -0.39 is 11.5 Å². The third-order valence-corrected chi connectivity index (χ3v) is 4.50. The molecule has 5 aromatic rings. The molecule has 5 rings (SSSR count). The predicted octanol–water partition coefficient (Wildman–Crippen LogP) is 1.74. The van der Waals surface area contributed by atoms with Crippen molar-refractivity contribution in [2.75, 3.05) is 12.0 Å². The summed E-state index contributed by atoms with van der Waals surface area (Å²) in [7, 11) is 0. The Kier molecular flexibility index (Phi) is 3.91. The van der Waals surface area contributed by atoms with E-state index in [0.29, 0.717) is 16.9 Å². The minimum absolute atomic E-state index is 0.0963. The Morgan fingerprint density at radius 1 is 1.03 bits per heavy atom. The maximum Gasteiger partial charge on any atom is 0.299 e. The van der Waals surface area contributed by atoms with E-state index in [9.17, 15) is 9.59 Å². The molecule has 0 bridgehead atoms. The molecule has 2 aromatic carbocycles. The lowest BCUT2D eigenvalue weighted by atomic mass is 10.1. The van der Waals surface area contributed by atoms with Crippen LogP contribution in [0.15, 0.2) is 71.8 Å². The molecule has 0 aliphatic rings. The van der Waals surface area contributed by atoms with Crippen LogP contribution in [0.3, 0.4) is 0 Å². The normalized spacial score (nSPS) is 11.2. The highest BCUT2D eigenvalue weighted by molar-refractivity contribution is 5.89. The van der Waals surface area contributed by atoms with Crippen LogP contribution in [-0.4, -0.2) is 37.0 Å². The van der Waals surface area contributed by atoms with E-state index >= 15 is 0 Å². The second kappa shape index (κ2) is 6.71. The Hall–Kier alpha value is -4.27. The molecule has 0 atom stereocenters. The number of pyridine rings is 1. The van der Waals surface area contributed by atoms with Crippen molar-refractivity contribution < 1.29 is 9.53 Å². The average Bonchev–Trinajstić information content (AvgIpc) is 3.23. The van der Waals surface area contributed by atoms with Crippen LogP contribution < -0.4 is 15.7 Å². The summed E-state index contributed by atoms with van der Waals surface area (Å²) in [5.41, 5.74) is 3.13. The molecule has 0 saturated heterocycles. The molecule has 0 spiro atoms. The Balaban J connectivity index is 1.38. The zero-order chi connectivity index (χ0) is 19.8. The van der Waals surface area contributed by atoms with Gasteiger partial charge in [-0.1, -0.05) is 36.4 Å². The molecular weight excluding hydrogens is 372 g/mol. The van der Waals surface area contributed by atoms with E-state index in [4.69, 9.17) is 4.74 Å². The van der Waals surface area contributed by atoms with Gasteiger partial charge in [-0.25, -0.2) is 9.19 Å². The fourth-order valence-corrected chi connectivity index (χ4v) is 3.16. The summed E-state index contributed by atoms with van der Waals surface area (Å²) in [5.74, 6) is 0.114. The third kappa shape index (κ3) is 2.94. The summed E-state index contributed by atoms with van der Waals surface area (Å²) in [6, 6.07) is 16.7. The molecule has 3 heterocycles. The molecule has 1 amide bonds. The van der Waals surface area contributed by atoms with Crippen LogP contribution >= 0.6 is 0 Å². The fraction of sp³-hybridized carbons (Fsp3) is 0.0500. The van der Waals surface area contributed by atoms with Gasteiger partial charge in [0.25, 0.3) is 11.5 Å². The number of rotatable bonds is 4. The highest BCUT2D eigenvalue weighted by atomic mass is 16.5. The number of ether oxygens (including phenoxy) is 1. The van der Waals surface area contributed by atoms with E-state index in [-0.39, 0.29) is 12.1 Å². The molecule has 0 aliphatic carbocycles. The average molecular weight is 386 g/mol. The van der Waals surface area contributed by atoms with Crippen molar-refractivity contribution in [1.29, 1.82) is 0 Å². The molecule has 29 heavy (non-hydrogen) atoms. The lowest BCUT2D eigenvalue weighted by molar-refractivity contribution is -0.119. The number of nitrogens with one attached hydrogen (secondary N) is 1. The van der Waals surface area contributed by atoms with Crippen LogP contribution in [0.4, 0.5) is 0 Å². The number of carbonyl (C=O) groups is 1. The van der Waals surface area contributed by atoms with Crippen molar-refractivity contribution in [3.05, 3.63) is 77.3 Å². The topological polar surface area (TPSA) is 103 Å². The van der Waals surface area contributed by atoms with E-state index in [0.717, 1.165) is 15.4 Å². The first-order chi connectivity index (χ1) is 14.2. The Labute approximate surface area is 163 Å². The van der Waals surface area contributed by atoms with Crippen molar-refractivity contribution in [2.45, 2.75) is 0 Å². The predicted molar refractivity (Wildman–Crippen MR) is 106 cm³/mol. The first-order valence-corrected chi connectivity index (χ1v) is 8.83. The number of amides is 1. The van der Waals surface area contributed by atoms with Gasteiger partial charge in [0.05, 0.1) is 6.20 Å². The highest BCUT2D eigenvalue weighted by Gasteiger charge is 2.12. The Bertz CT molecular complexity index is 1430. The van der Waals surface area contributed by atoms with Gasteiger partial charge in [0.2, 0.25) is 0 Å². The summed E-state index contributed by atoms with van der Waals surface area (Å²) < 4.78 is 8.23. The van der Waals surface area contributed by atoms with Crippen molar-refractivity contribution in [2.24, 2.45) is 0 Å². The van der Waals surface area contributed by atoms with Crippen LogP contribution in [0.2, 0.25) is 0 Å². The Morgan fingerprint density at radius 3 is 2.83 bits per heavy atom. The molecule has 142 valence electrons. The van der Waals surface area contributed by atoms with Gasteiger partial charge in [-0.05, 0) is 17.5 Å². The molecule has 0 aliphatic heterocycles. The Morgan fingerprint density at radius 2 is 1.90 bits per heavy atom. The number of hydrogen-bond donors (Lipinski definition) is 1. The van der Waals surface area contributed by atoms with Crippen molar-refractivity contribution in [1.82, 2.24) is 24.5 Å². The van der Waals surface area contributed by atoms with Crippen LogP contribution in [0.25, 0.3) is 27.5 Å². The molecule has 0 unspecified atom stereocenters. The van der Waals surface area contributed by atoms with Crippen LogP contribution in [0.1, 0.15) is 0 Å². The monoisotopic (exact) mass is 386 g/mol. The van der Waals surface area contributed by atoms with Gasteiger partial charge in [0.15, 0.2) is 17.8 Å². The van der Waals surface area contributed by atoms with Gasteiger partial charge in [-0.3, -0.25) is 15.0 Å². The number of nitrogens with zero attached hydrogens (tertiary/aromatic N) is 5. The number of hydrogen-bond acceptors (Lipinski definition) is 6. The van der Waals surface area contributed by atoms with Crippen LogP contribution in [0, 0.1) is 0 Å². The first kappa shape index (κ1) is 16.9. The fourth-order valence-electron chi connectivity index (χ4n) is 3.16. The van der Waals surface area contributed by atoms with Crippen LogP contribution in [0.5, 0.6) is 5.75 Å². The van der Waals surface area contributed by atoms with Gasteiger partial charge in [-0.15, -0.1) is 10.2 Å². The maximum absolute atomic E-state index is 12.6. The SMILES string of the molecule is O=C(COc1cccc2ccccc12)Nn1ccc2c(nnc3ccnn32)c1=O. The molecule has 0 radical (unpaired) electrons. The van der Waals surface area contributed by atoms with Crippen molar-refractivity contribution >= 4 is 33.4 Å². The van der Waals surface area contributed by atoms with Gasteiger partial charge in [0.1, 0.15) is 11.3 Å². The quantitative estimate of drug-likeness (QED) is 0.505. The molecule has 0 saturated carbocycles. The van der Waals surface area contributed by atoms with E-state index in [2.05, 4.69) is 20.7 Å². The summed E-state index contributed by atoms with van der Waals surface area (Å²) >= 11 is 0. The second-order valence-corrected chi connectivity index (χ2v) is 6.33. The minimum Gasteiger partial charge on any atom is -0.483 e. The molecule has 1 N–H and O–H groups in total. The number of benzene rings is 2. The third-order valence-electron chi connectivity index (χ3n) is 4.50. The zero-order valence-corrected chi connectivity index (χ0v) is 15.0. The maximum atomic E-state index is 12.6. The summed E-state index contributed by atoms with van der Waals surface area (Å²) in [6.45, 7) is -0.248. The number of aromatic nitrogens is 5. The van der Waals surface area contributed by atoms with Gasteiger partial charge < -0.3 is 4.74 Å². The molecular formula is C20H14N6O3. The molecule has 9 heteroatoms. The van der Waals surface area contributed by atoms with Gasteiger partial charge in [0, 0.05) is 17.6 Å². The molecule has 9 nitrogen and oxygen atoms in total. The number of fused-ring (bicyclic) bond motifs is 4. The molecule has 0 fully saturated rings. The van der Waals surface area contributed by atoms with Gasteiger partial charge >= 0.3 is 0 Å². The zero-order valence-electron chi connectivity index (χ0n) is 15.0. The summed E-state index contributed by atoms with van der Waals surface area (Å²) in [5, 5.41) is 14.0. The minimum atomic E-state index is -0.508. The smallest absolute Gasteiger partial charge is 0.299 e. The standard InChI is InChI=1S/C20H14N6O3/c27-18(12-29-16-7-3-5-13-4-1-2-6-14(13)16)24-25-11-9-15-19(20(25)28)23-22-17-8-10-21-26(15)17/h1-11H,12H2,(H,24,27). The highest BCUT2D eigenvalue weighted by Crippen LogP contribution is 2.24. The van der Waals surface area contributed by atoms with E-state index in [1.54, 1.807) is 24.4 Å². The largest absolute Gasteiger partial charge is 0.483 e.